The van der Waals surface area contributed by atoms with E-state index in [0.717, 1.165) is 17.4 Å². The van der Waals surface area contributed by atoms with Crippen LogP contribution in [0.3, 0.4) is 0 Å². The summed E-state index contributed by atoms with van der Waals surface area (Å²) in [4.78, 5) is 1.48. The molecule has 0 radical (unpaired) electrons. The minimum atomic E-state index is -0.854. The van der Waals surface area contributed by atoms with E-state index < -0.39 is 11.6 Å². The molecule has 0 aliphatic carbocycles. The normalized spacial score (nSPS) is 10.6. The molecule has 0 fully saturated rings. The Morgan fingerprint density at radius 1 is 1.05 bits per heavy atom. The lowest BCUT2D eigenvalue weighted by molar-refractivity contribution is 0.318. The molecule has 0 saturated heterocycles. The molecule has 2 aromatic rings. The number of hydrogen-bond donors (Lipinski definition) is 1. The number of halogens is 2. The van der Waals surface area contributed by atoms with Crippen molar-refractivity contribution in [2.75, 3.05) is 12.3 Å². The maximum Gasteiger partial charge on any atom is 0.159 e. The minimum Gasteiger partial charge on any atom is -0.491 e. The van der Waals surface area contributed by atoms with Gasteiger partial charge in [-0.1, -0.05) is 18.7 Å². The molecule has 0 aliphatic rings. The first-order chi connectivity index (χ1) is 9.60. The fourth-order valence-corrected chi connectivity index (χ4v) is 2.46. The molecule has 5 heteroatoms. The third-order valence-corrected chi connectivity index (χ3v) is 3.55. The van der Waals surface area contributed by atoms with Gasteiger partial charge in [-0.2, -0.15) is 0 Å². The summed E-state index contributed by atoms with van der Waals surface area (Å²) in [5.41, 5.74) is 6.39. The molecule has 0 aromatic heterocycles. The zero-order valence-corrected chi connectivity index (χ0v) is 11.8. The summed E-state index contributed by atoms with van der Waals surface area (Å²) in [6.45, 7) is 2.60. The summed E-state index contributed by atoms with van der Waals surface area (Å²) in [5, 5.41) is 0. The van der Waals surface area contributed by atoms with Gasteiger partial charge in [-0.05, 0) is 42.8 Å². The first kappa shape index (κ1) is 14.7. The Bertz CT molecular complexity index is 604. The van der Waals surface area contributed by atoms with Crippen LogP contribution < -0.4 is 10.5 Å². The Hall–Kier alpha value is -1.75. The maximum atomic E-state index is 13.2. The Kier molecular flexibility index (Phi) is 4.84. The van der Waals surface area contributed by atoms with Gasteiger partial charge in [0, 0.05) is 9.79 Å². The van der Waals surface area contributed by atoms with E-state index in [1.54, 1.807) is 12.1 Å². The molecule has 0 amide bonds. The summed E-state index contributed by atoms with van der Waals surface area (Å²) in [6, 6.07) is 9.18. The molecule has 0 unspecified atom stereocenters. The van der Waals surface area contributed by atoms with Gasteiger partial charge in [-0.25, -0.2) is 8.78 Å². The van der Waals surface area contributed by atoms with Gasteiger partial charge in [0.2, 0.25) is 0 Å². The molecule has 2 rings (SSSR count). The van der Waals surface area contributed by atoms with Crippen molar-refractivity contribution >= 4 is 17.4 Å². The van der Waals surface area contributed by atoms with Crippen LogP contribution in [0.2, 0.25) is 0 Å². The number of nitrogen functional groups attached to an aromatic ring is 1. The largest absolute Gasteiger partial charge is 0.491 e. The first-order valence-corrected chi connectivity index (χ1v) is 7.07. The van der Waals surface area contributed by atoms with E-state index in [1.807, 2.05) is 13.0 Å². The van der Waals surface area contributed by atoms with Crippen molar-refractivity contribution in [3.63, 3.8) is 0 Å². The van der Waals surface area contributed by atoms with E-state index in [4.69, 9.17) is 10.5 Å². The highest BCUT2D eigenvalue weighted by atomic mass is 32.2. The predicted octanol–water partition coefficient (Wildman–Crippen LogP) is 4.49. The van der Waals surface area contributed by atoms with Crippen LogP contribution in [-0.2, 0) is 0 Å². The van der Waals surface area contributed by atoms with Gasteiger partial charge in [-0.15, -0.1) is 0 Å². The summed E-state index contributed by atoms with van der Waals surface area (Å²) in [6.07, 6.45) is 0.889. The van der Waals surface area contributed by atoms with Gasteiger partial charge in [0.05, 0.1) is 12.3 Å². The van der Waals surface area contributed by atoms with Crippen LogP contribution in [0, 0.1) is 11.6 Å². The van der Waals surface area contributed by atoms with Crippen molar-refractivity contribution in [3.05, 3.63) is 48.0 Å². The highest BCUT2D eigenvalue weighted by Gasteiger charge is 2.07. The molecule has 0 heterocycles. The molecule has 0 aliphatic heterocycles. The van der Waals surface area contributed by atoms with Crippen molar-refractivity contribution in [1.82, 2.24) is 0 Å². The van der Waals surface area contributed by atoms with E-state index in [0.29, 0.717) is 22.9 Å². The lowest BCUT2D eigenvalue weighted by atomic mass is 10.3. The Morgan fingerprint density at radius 3 is 2.45 bits per heavy atom. The van der Waals surface area contributed by atoms with Crippen molar-refractivity contribution in [2.45, 2.75) is 23.1 Å². The van der Waals surface area contributed by atoms with Gasteiger partial charge >= 0.3 is 0 Å². The quantitative estimate of drug-likeness (QED) is 0.826. The molecular weight excluding hydrogens is 280 g/mol. The molecule has 0 spiro atoms. The van der Waals surface area contributed by atoms with Crippen LogP contribution in [-0.4, -0.2) is 6.61 Å². The molecular formula is C15H15F2NOS. The van der Waals surface area contributed by atoms with Gasteiger partial charge in [-0.3, -0.25) is 0 Å². The predicted molar refractivity (Wildman–Crippen MR) is 77.1 cm³/mol. The standard InChI is InChI=1S/C15H15F2NOS/c1-2-7-19-15-9-11(4-6-14(15)18)20-10-3-5-12(16)13(17)8-10/h3-6,8-9H,2,7,18H2,1H3. The Labute approximate surface area is 120 Å². The third kappa shape index (κ3) is 3.63. The summed E-state index contributed by atoms with van der Waals surface area (Å²) >= 11 is 1.32. The van der Waals surface area contributed by atoms with Crippen molar-refractivity contribution in [3.8, 4) is 5.75 Å². The second-order valence-electron chi connectivity index (χ2n) is 4.23. The number of anilines is 1. The number of benzene rings is 2. The molecule has 2 aromatic carbocycles. The number of hydrogen-bond acceptors (Lipinski definition) is 3. The van der Waals surface area contributed by atoms with Crippen LogP contribution >= 0.6 is 11.8 Å². The van der Waals surface area contributed by atoms with Crippen LogP contribution in [0.15, 0.2) is 46.2 Å². The lowest BCUT2D eigenvalue weighted by Gasteiger charge is -2.10. The molecule has 0 saturated carbocycles. The molecule has 20 heavy (non-hydrogen) atoms. The van der Waals surface area contributed by atoms with Gasteiger partial charge in [0.1, 0.15) is 5.75 Å². The highest BCUT2D eigenvalue weighted by Crippen LogP contribution is 2.33. The van der Waals surface area contributed by atoms with E-state index in [-0.39, 0.29) is 0 Å². The molecule has 0 bridgehead atoms. The third-order valence-electron chi connectivity index (χ3n) is 2.57. The SMILES string of the molecule is CCCOc1cc(Sc2ccc(F)c(F)c2)ccc1N. The Morgan fingerprint density at radius 2 is 1.75 bits per heavy atom. The average Bonchev–Trinajstić information content (AvgIpc) is 2.43. The molecule has 0 atom stereocenters. The second kappa shape index (κ2) is 6.61. The van der Waals surface area contributed by atoms with E-state index in [2.05, 4.69) is 0 Å². The second-order valence-corrected chi connectivity index (χ2v) is 5.37. The topological polar surface area (TPSA) is 35.2 Å². The number of nitrogens with two attached hydrogens (primary N) is 1. The monoisotopic (exact) mass is 295 g/mol. The molecule has 2 N–H and O–H groups in total. The van der Waals surface area contributed by atoms with E-state index in [1.165, 1.54) is 23.9 Å². The fourth-order valence-electron chi connectivity index (χ4n) is 1.59. The Balaban J connectivity index is 2.18. The summed E-state index contributed by atoms with van der Waals surface area (Å²) < 4.78 is 31.6. The minimum absolute atomic E-state index is 0.563. The summed E-state index contributed by atoms with van der Waals surface area (Å²) in [5.74, 6) is -1.09. The van der Waals surface area contributed by atoms with Crippen LogP contribution in [0.1, 0.15) is 13.3 Å². The van der Waals surface area contributed by atoms with Crippen LogP contribution in [0.5, 0.6) is 5.75 Å². The molecule has 2 nitrogen and oxygen atoms in total. The number of ether oxygens (including phenoxy) is 1. The zero-order chi connectivity index (χ0) is 14.5. The highest BCUT2D eigenvalue weighted by molar-refractivity contribution is 7.99. The first-order valence-electron chi connectivity index (χ1n) is 6.25. The smallest absolute Gasteiger partial charge is 0.159 e. The van der Waals surface area contributed by atoms with Gasteiger partial charge in [0.15, 0.2) is 11.6 Å². The number of rotatable bonds is 5. The van der Waals surface area contributed by atoms with Crippen LogP contribution in [0.25, 0.3) is 0 Å². The van der Waals surface area contributed by atoms with Crippen molar-refractivity contribution in [2.24, 2.45) is 0 Å². The van der Waals surface area contributed by atoms with Crippen LogP contribution in [0.4, 0.5) is 14.5 Å². The fraction of sp³-hybridized carbons (Fsp3) is 0.200. The summed E-state index contributed by atoms with van der Waals surface area (Å²) in [7, 11) is 0. The lowest BCUT2D eigenvalue weighted by Crippen LogP contribution is -1.98. The van der Waals surface area contributed by atoms with Gasteiger partial charge in [0.25, 0.3) is 0 Å². The van der Waals surface area contributed by atoms with E-state index in [9.17, 15) is 8.78 Å². The van der Waals surface area contributed by atoms with Crippen molar-refractivity contribution in [1.29, 1.82) is 0 Å². The van der Waals surface area contributed by atoms with E-state index >= 15 is 0 Å². The average molecular weight is 295 g/mol. The molecule has 106 valence electrons. The van der Waals surface area contributed by atoms with Gasteiger partial charge < -0.3 is 10.5 Å². The van der Waals surface area contributed by atoms with Crippen molar-refractivity contribution < 1.29 is 13.5 Å². The zero-order valence-electron chi connectivity index (χ0n) is 11.0. The maximum absolute atomic E-state index is 13.2.